The quantitative estimate of drug-likeness (QED) is 0.586. The summed E-state index contributed by atoms with van der Waals surface area (Å²) in [4.78, 5) is 0. The highest BCUT2D eigenvalue weighted by Crippen LogP contribution is 2.12. The van der Waals surface area contributed by atoms with Crippen LogP contribution in [0.4, 0.5) is 0 Å². The van der Waals surface area contributed by atoms with Gasteiger partial charge < -0.3 is 14.6 Å². The molecule has 1 N–H and O–H groups in total. The van der Waals surface area contributed by atoms with Crippen molar-refractivity contribution in [3.8, 4) is 0 Å². The molecule has 0 amide bonds. The second-order valence-electron chi connectivity index (χ2n) is 1.99. The van der Waals surface area contributed by atoms with E-state index < -0.39 is 12.3 Å². The van der Waals surface area contributed by atoms with Crippen LogP contribution in [-0.2, 0) is 14.2 Å². The maximum Gasteiger partial charge on any atom is 0.281 e. The van der Waals surface area contributed by atoms with E-state index in [0.717, 1.165) is 0 Å². The third-order valence-electron chi connectivity index (χ3n) is 1.13. The van der Waals surface area contributed by atoms with Gasteiger partial charge >= 0.3 is 0 Å². The molecular formula is C6H14O4. The Hall–Kier alpha value is -0.160. The van der Waals surface area contributed by atoms with Gasteiger partial charge in [-0.1, -0.05) is 0 Å². The van der Waals surface area contributed by atoms with Crippen LogP contribution >= 0.6 is 0 Å². The number of methoxy groups -OCH3 is 2. The van der Waals surface area contributed by atoms with Gasteiger partial charge in [0, 0.05) is 21.1 Å². The highest BCUT2D eigenvalue weighted by Gasteiger charge is 2.25. The average molecular weight is 150 g/mol. The average Bonchev–Trinajstić information content (AvgIpc) is 1.87. The van der Waals surface area contributed by atoms with Gasteiger partial charge in [0.25, 0.3) is 5.97 Å². The highest BCUT2D eigenvalue weighted by atomic mass is 16.9. The van der Waals surface area contributed by atoms with Gasteiger partial charge in [-0.3, -0.25) is 4.74 Å². The molecular weight excluding hydrogens is 136 g/mol. The van der Waals surface area contributed by atoms with Crippen molar-refractivity contribution in [1.29, 1.82) is 0 Å². The van der Waals surface area contributed by atoms with Crippen molar-refractivity contribution in [3.63, 3.8) is 0 Å². The number of rotatable bonds is 4. The van der Waals surface area contributed by atoms with Crippen molar-refractivity contribution in [2.75, 3.05) is 14.2 Å². The highest BCUT2D eigenvalue weighted by molar-refractivity contribution is 4.43. The minimum atomic E-state index is -1.14. The van der Waals surface area contributed by atoms with E-state index in [2.05, 4.69) is 0 Å². The first-order chi connectivity index (χ1) is 4.54. The van der Waals surface area contributed by atoms with E-state index in [4.69, 9.17) is 19.3 Å². The van der Waals surface area contributed by atoms with Crippen LogP contribution in [0.3, 0.4) is 0 Å². The predicted molar refractivity (Wildman–Crippen MR) is 35.2 cm³/mol. The Balaban J connectivity index is 3.80. The lowest BCUT2D eigenvalue weighted by molar-refractivity contribution is -0.387. The van der Waals surface area contributed by atoms with E-state index in [1.165, 1.54) is 21.1 Å². The van der Waals surface area contributed by atoms with E-state index in [1.807, 2.05) is 0 Å². The van der Waals surface area contributed by atoms with Crippen LogP contribution in [0.1, 0.15) is 13.8 Å². The van der Waals surface area contributed by atoms with Crippen molar-refractivity contribution in [2.45, 2.75) is 26.1 Å². The molecule has 0 fully saturated rings. The van der Waals surface area contributed by atoms with Crippen LogP contribution in [0.2, 0.25) is 0 Å². The second-order valence-corrected chi connectivity index (χ2v) is 1.99. The van der Waals surface area contributed by atoms with Crippen molar-refractivity contribution < 1.29 is 19.3 Å². The summed E-state index contributed by atoms with van der Waals surface area (Å²) in [7, 11) is 2.87. The van der Waals surface area contributed by atoms with Crippen molar-refractivity contribution in [1.82, 2.24) is 0 Å². The van der Waals surface area contributed by atoms with E-state index in [9.17, 15) is 0 Å². The third kappa shape index (κ3) is 3.12. The number of ether oxygens (including phenoxy) is 3. The molecule has 0 bridgehead atoms. The van der Waals surface area contributed by atoms with Gasteiger partial charge in [-0.05, 0) is 6.92 Å². The molecule has 0 aromatic rings. The summed E-state index contributed by atoms with van der Waals surface area (Å²) >= 11 is 0. The lowest BCUT2D eigenvalue weighted by Gasteiger charge is -2.27. The summed E-state index contributed by atoms with van der Waals surface area (Å²) in [5, 5.41) is 8.77. The largest absolute Gasteiger partial charge is 0.368 e. The minimum absolute atomic E-state index is 0.898. The van der Waals surface area contributed by atoms with E-state index in [1.54, 1.807) is 6.92 Å². The monoisotopic (exact) mass is 150 g/mol. The lowest BCUT2D eigenvalue weighted by atomic mass is 10.6. The Bertz CT molecular complexity index is 87.7. The molecule has 0 spiro atoms. The summed E-state index contributed by atoms with van der Waals surface area (Å²) in [6, 6.07) is 0. The fourth-order valence-corrected chi connectivity index (χ4v) is 0.489. The van der Waals surface area contributed by atoms with E-state index >= 15 is 0 Å². The molecule has 4 heteroatoms. The summed E-state index contributed by atoms with van der Waals surface area (Å²) in [5.41, 5.74) is 0. The molecule has 1 unspecified atom stereocenters. The molecule has 0 saturated carbocycles. The van der Waals surface area contributed by atoms with Gasteiger partial charge in [-0.15, -0.1) is 0 Å². The Kier molecular flexibility index (Phi) is 3.81. The zero-order valence-corrected chi connectivity index (χ0v) is 6.75. The normalized spacial score (nSPS) is 15.3. The summed E-state index contributed by atoms with van der Waals surface area (Å²) < 4.78 is 14.4. The minimum Gasteiger partial charge on any atom is -0.368 e. The topological polar surface area (TPSA) is 47.9 Å². The van der Waals surface area contributed by atoms with Crippen LogP contribution in [0.15, 0.2) is 0 Å². The van der Waals surface area contributed by atoms with Gasteiger partial charge in [0.1, 0.15) is 0 Å². The summed E-state index contributed by atoms with van der Waals surface area (Å²) in [6.45, 7) is 3.05. The third-order valence-corrected chi connectivity index (χ3v) is 1.13. The number of aliphatic hydroxyl groups is 1. The van der Waals surface area contributed by atoms with E-state index in [-0.39, 0.29) is 0 Å². The predicted octanol–water partition coefficient (Wildman–Crippen LogP) is 0.308. The molecule has 0 radical (unpaired) electrons. The Morgan fingerprint density at radius 2 is 1.70 bits per heavy atom. The maximum atomic E-state index is 8.77. The lowest BCUT2D eigenvalue weighted by Crippen LogP contribution is -2.36. The van der Waals surface area contributed by atoms with Crippen molar-refractivity contribution in [3.05, 3.63) is 0 Å². The van der Waals surface area contributed by atoms with Gasteiger partial charge in [0.2, 0.25) is 0 Å². The number of hydrogen-bond donors (Lipinski definition) is 1. The molecule has 0 rings (SSSR count). The molecule has 0 aliphatic rings. The molecule has 62 valence electrons. The van der Waals surface area contributed by atoms with E-state index in [0.29, 0.717) is 0 Å². The van der Waals surface area contributed by atoms with Crippen LogP contribution < -0.4 is 0 Å². The van der Waals surface area contributed by atoms with Gasteiger partial charge in [-0.25, -0.2) is 0 Å². The zero-order valence-electron chi connectivity index (χ0n) is 6.75. The zero-order chi connectivity index (χ0) is 8.20. The molecule has 0 saturated heterocycles. The van der Waals surface area contributed by atoms with Crippen LogP contribution in [0, 0.1) is 0 Å². The first-order valence-corrected chi connectivity index (χ1v) is 3.00. The van der Waals surface area contributed by atoms with Gasteiger partial charge in [0.05, 0.1) is 0 Å². The van der Waals surface area contributed by atoms with Gasteiger partial charge in [-0.2, -0.15) is 0 Å². The Morgan fingerprint density at radius 3 is 1.80 bits per heavy atom. The molecule has 0 aromatic heterocycles. The first-order valence-electron chi connectivity index (χ1n) is 3.00. The number of aliphatic hydroxyl groups excluding tert-OH is 1. The molecule has 4 nitrogen and oxygen atoms in total. The van der Waals surface area contributed by atoms with Crippen LogP contribution in [0.5, 0.6) is 0 Å². The van der Waals surface area contributed by atoms with Gasteiger partial charge in [0.15, 0.2) is 6.29 Å². The fourth-order valence-electron chi connectivity index (χ4n) is 0.489. The molecule has 10 heavy (non-hydrogen) atoms. The standard InChI is InChI=1S/C6H14O4/c1-5(7)10-6(2,8-3)9-4/h5,7H,1-4H3. The Labute approximate surface area is 60.7 Å². The van der Waals surface area contributed by atoms with Crippen LogP contribution in [0.25, 0.3) is 0 Å². The molecule has 0 aliphatic carbocycles. The first kappa shape index (κ1) is 9.84. The van der Waals surface area contributed by atoms with Crippen molar-refractivity contribution >= 4 is 0 Å². The SMILES string of the molecule is COC(C)(OC)OC(C)O. The molecule has 0 aromatic carbocycles. The summed E-state index contributed by atoms with van der Waals surface area (Å²) in [5.74, 6) is -1.14. The summed E-state index contributed by atoms with van der Waals surface area (Å²) in [6.07, 6.45) is -0.898. The fraction of sp³-hybridized carbons (Fsp3) is 1.00. The maximum absolute atomic E-state index is 8.77. The molecule has 1 atom stereocenters. The second kappa shape index (κ2) is 3.88. The van der Waals surface area contributed by atoms with Crippen molar-refractivity contribution in [2.24, 2.45) is 0 Å². The molecule has 0 heterocycles. The molecule has 0 aliphatic heterocycles. The number of hydrogen-bond acceptors (Lipinski definition) is 4. The van der Waals surface area contributed by atoms with Crippen LogP contribution in [-0.4, -0.2) is 31.6 Å². The smallest absolute Gasteiger partial charge is 0.281 e. The Morgan fingerprint density at radius 1 is 1.30 bits per heavy atom.